The zero-order valence-corrected chi connectivity index (χ0v) is 14.0. The lowest BCUT2D eigenvalue weighted by Gasteiger charge is -2.09. The van der Waals surface area contributed by atoms with Gasteiger partial charge in [0.2, 0.25) is 5.91 Å². The van der Waals surface area contributed by atoms with Crippen molar-refractivity contribution in [2.24, 2.45) is 0 Å². The first-order valence-corrected chi connectivity index (χ1v) is 7.74. The van der Waals surface area contributed by atoms with Crippen molar-refractivity contribution in [2.45, 2.75) is 0 Å². The van der Waals surface area contributed by atoms with Gasteiger partial charge in [0, 0.05) is 16.7 Å². The van der Waals surface area contributed by atoms with E-state index in [0.717, 1.165) is 0 Å². The fourth-order valence-electron chi connectivity index (χ4n) is 1.74. The van der Waals surface area contributed by atoms with Crippen molar-refractivity contribution >= 4 is 46.8 Å². The van der Waals surface area contributed by atoms with E-state index in [9.17, 15) is 9.59 Å². The van der Waals surface area contributed by atoms with Gasteiger partial charge < -0.3 is 0 Å². The molecule has 0 heterocycles. The summed E-state index contributed by atoms with van der Waals surface area (Å²) in [6, 6.07) is 15.7. The number of benzene rings is 2. The van der Waals surface area contributed by atoms with Crippen LogP contribution in [-0.4, -0.2) is 16.9 Å². The number of nitrogens with one attached hydrogen (secondary N) is 3. The number of hydrazine groups is 1. The van der Waals surface area contributed by atoms with Crippen LogP contribution in [0.2, 0.25) is 5.02 Å². The molecular weight excluding hydrogens is 346 g/mol. The van der Waals surface area contributed by atoms with Crippen LogP contribution in [0, 0.1) is 0 Å². The van der Waals surface area contributed by atoms with Crippen LogP contribution in [0.5, 0.6) is 0 Å². The molecule has 0 spiro atoms. The summed E-state index contributed by atoms with van der Waals surface area (Å²) in [5, 5.41) is 2.93. The van der Waals surface area contributed by atoms with Crippen LogP contribution >= 0.6 is 23.8 Å². The molecule has 2 rings (SSSR count). The molecule has 0 radical (unpaired) electrons. The predicted octanol–water partition coefficient (Wildman–Crippen LogP) is 2.69. The molecule has 0 aliphatic carbocycles. The third kappa shape index (κ3) is 5.49. The fourth-order valence-corrected chi connectivity index (χ4v) is 2.09. The van der Waals surface area contributed by atoms with Crippen molar-refractivity contribution in [1.29, 1.82) is 0 Å². The van der Waals surface area contributed by atoms with Gasteiger partial charge >= 0.3 is 0 Å². The zero-order chi connectivity index (χ0) is 17.4. The molecule has 2 aromatic rings. The summed E-state index contributed by atoms with van der Waals surface area (Å²) in [5.41, 5.74) is 6.04. The van der Waals surface area contributed by atoms with Gasteiger partial charge in [-0.15, -0.1) is 0 Å². The van der Waals surface area contributed by atoms with Crippen molar-refractivity contribution in [3.05, 3.63) is 76.8 Å². The average Bonchev–Trinajstić information content (AvgIpc) is 2.59. The van der Waals surface area contributed by atoms with Gasteiger partial charge in [-0.25, -0.2) is 0 Å². The van der Waals surface area contributed by atoms with Crippen molar-refractivity contribution in [3.8, 4) is 0 Å². The van der Waals surface area contributed by atoms with E-state index in [2.05, 4.69) is 16.2 Å². The summed E-state index contributed by atoms with van der Waals surface area (Å²) in [7, 11) is 0. The highest BCUT2D eigenvalue weighted by atomic mass is 35.5. The first-order chi connectivity index (χ1) is 11.6. The van der Waals surface area contributed by atoms with Crippen LogP contribution in [0.1, 0.15) is 15.9 Å². The molecule has 0 aromatic heterocycles. The number of halogens is 1. The van der Waals surface area contributed by atoms with E-state index in [1.54, 1.807) is 54.6 Å². The molecule has 2 aromatic carbocycles. The number of hydrogen-bond donors (Lipinski definition) is 3. The lowest BCUT2D eigenvalue weighted by Crippen LogP contribution is -2.48. The maximum atomic E-state index is 11.8. The van der Waals surface area contributed by atoms with Crippen molar-refractivity contribution in [1.82, 2.24) is 16.2 Å². The molecule has 0 atom stereocenters. The molecule has 0 saturated carbocycles. The second-order valence-corrected chi connectivity index (χ2v) is 5.43. The van der Waals surface area contributed by atoms with Gasteiger partial charge in [-0.05, 0) is 42.1 Å². The van der Waals surface area contributed by atoms with Crippen LogP contribution in [-0.2, 0) is 4.79 Å². The van der Waals surface area contributed by atoms with Gasteiger partial charge in [0.15, 0.2) is 5.11 Å². The third-order valence-electron chi connectivity index (χ3n) is 2.88. The maximum absolute atomic E-state index is 11.8. The van der Waals surface area contributed by atoms with Crippen LogP contribution in [0.3, 0.4) is 0 Å². The van der Waals surface area contributed by atoms with E-state index in [0.29, 0.717) is 16.1 Å². The van der Waals surface area contributed by atoms with Gasteiger partial charge in [0.25, 0.3) is 5.91 Å². The lowest BCUT2D eigenvalue weighted by molar-refractivity contribution is -0.115. The van der Waals surface area contributed by atoms with E-state index in [1.165, 1.54) is 6.08 Å². The Hall–Kier alpha value is -2.70. The minimum atomic E-state index is -0.443. The van der Waals surface area contributed by atoms with Gasteiger partial charge in [-0.3, -0.25) is 25.8 Å². The Labute approximate surface area is 149 Å². The highest BCUT2D eigenvalue weighted by molar-refractivity contribution is 7.80. The number of thiocarbonyl (C=S) groups is 1. The number of rotatable bonds is 3. The van der Waals surface area contributed by atoms with E-state index in [-0.39, 0.29) is 11.0 Å². The van der Waals surface area contributed by atoms with Crippen molar-refractivity contribution in [2.75, 3.05) is 0 Å². The summed E-state index contributed by atoms with van der Waals surface area (Å²) >= 11 is 10.9. The Balaban J connectivity index is 1.81. The Kier molecular flexibility index (Phi) is 6.48. The third-order valence-corrected chi connectivity index (χ3v) is 3.43. The lowest BCUT2D eigenvalue weighted by atomic mass is 10.2. The Morgan fingerprint density at radius 2 is 1.62 bits per heavy atom. The number of carbonyl (C=O) groups is 2. The highest BCUT2D eigenvalue weighted by Crippen LogP contribution is 2.15. The largest absolute Gasteiger partial charge is 0.298 e. The molecule has 0 aliphatic heterocycles. The summed E-state index contributed by atoms with van der Waals surface area (Å²) in [4.78, 5) is 23.6. The normalized spacial score (nSPS) is 10.2. The quantitative estimate of drug-likeness (QED) is 0.447. The Morgan fingerprint density at radius 1 is 0.958 bits per heavy atom. The van der Waals surface area contributed by atoms with Crippen molar-refractivity contribution in [3.63, 3.8) is 0 Å². The topological polar surface area (TPSA) is 70.2 Å². The molecule has 5 nitrogen and oxygen atoms in total. The van der Waals surface area contributed by atoms with Crippen LogP contribution in [0.25, 0.3) is 6.08 Å². The Bertz CT molecular complexity index is 778. The number of amides is 2. The number of hydrogen-bond acceptors (Lipinski definition) is 3. The second kappa shape index (κ2) is 8.81. The molecular formula is C17H14ClN3O2S. The van der Waals surface area contributed by atoms with Gasteiger partial charge in [0.1, 0.15) is 0 Å². The fraction of sp³-hybridized carbons (Fsp3) is 0. The molecule has 0 aliphatic rings. The van der Waals surface area contributed by atoms with E-state index < -0.39 is 5.91 Å². The summed E-state index contributed by atoms with van der Waals surface area (Å²) in [5.74, 6) is -0.805. The number of carbonyl (C=O) groups excluding carboxylic acids is 2. The molecule has 24 heavy (non-hydrogen) atoms. The molecule has 2 amide bonds. The molecule has 3 N–H and O–H groups in total. The summed E-state index contributed by atoms with van der Waals surface area (Å²) < 4.78 is 0. The van der Waals surface area contributed by atoms with Gasteiger partial charge in [0.05, 0.1) is 0 Å². The minimum Gasteiger partial charge on any atom is -0.298 e. The van der Waals surface area contributed by atoms with E-state index in [4.69, 9.17) is 23.8 Å². The van der Waals surface area contributed by atoms with E-state index in [1.807, 2.05) is 6.07 Å². The Morgan fingerprint density at radius 3 is 2.33 bits per heavy atom. The molecule has 122 valence electrons. The zero-order valence-electron chi connectivity index (χ0n) is 12.5. The molecule has 7 heteroatoms. The van der Waals surface area contributed by atoms with Crippen molar-refractivity contribution < 1.29 is 9.59 Å². The van der Waals surface area contributed by atoms with Gasteiger partial charge in [-0.1, -0.05) is 48.0 Å². The maximum Gasteiger partial charge on any atom is 0.269 e. The highest BCUT2D eigenvalue weighted by Gasteiger charge is 2.05. The average molecular weight is 360 g/mol. The van der Waals surface area contributed by atoms with E-state index >= 15 is 0 Å². The second-order valence-electron chi connectivity index (χ2n) is 4.62. The molecule has 0 unspecified atom stereocenters. The molecule has 0 fully saturated rings. The minimum absolute atomic E-state index is 0.0203. The first-order valence-electron chi connectivity index (χ1n) is 6.95. The van der Waals surface area contributed by atoms with Gasteiger partial charge in [-0.2, -0.15) is 0 Å². The van der Waals surface area contributed by atoms with Crippen LogP contribution in [0.4, 0.5) is 0 Å². The molecule has 0 saturated heterocycles. The molecule has 0 bridgehead atoms. The smallest absolute Gasteiger partial charge is 0.269 e. The predicted molar refractivity (Wildman–Crippen MR) is 98.3 cm³/mol. The van der Waals surface area contributed by atoms with Crippen LogP contribution < -0.4 is 16.2 Å². The van der Waals surface area contributed by atoms with Crippen LogP contribution in [0.15, 0.2) is 60.7 Å². The standard InChI is InChI=1S/C17H14ClN3O2S/c18-14-9-5-4-6-12(14)10-11-15(22)19-17(24)21-20-16(23)13-7-2-1-3-8-13/h1-11H,(H,20,23)(H2,19,21,22,24). The first kappa shape index (κ1) is 17.7. The summed E-state index contributed by atoms with van der Waals surface area (Å²) in [6.45, 7) is 0. The monoisotopic (exact) mass is 359 g/mol. The summed E-state index contributed by atoms with van der Waals surface area (Å²) in [6.07, 6.45) is 2.87. The SMILES string of the molecule is O=C(C=Cc1ccccc1Cl)NC(=S)NNC(=O)c1ccccc1.